The Hall–Kier alpha value is -0.120. The van der Waals surface area contributed by atoms with E-state index in [1.165, 1.54) is 6.92 Å². The average Bonchev–Trinajstić information content (AvgIpc) is 2.14. The predicted octanol–water partition coefficient (Wildman–Crippen LogP) is -1.30. The largest absolute Gasteiger partial charge is 1.00 e. The summed E-state index contributed by atoms with van der Waals surface area (Å²) in [5, 5.41) is 3.76. The van der Waals surface area contributed by atoms with Gasteiger partial charge in [0, 0.05) is 0 Å². The van der Waals surface area contributed by atoms with Crippen molar-refractivity contribution in [2.24, 2.45) is 5.10 Å². The number of rotatable bonds is 3. The molecule has 1 atom stereocenters. The van der Waals surface area contributed by atoms with Crippen LogP contribution in [0.4, 0.5) is 5.69 Å². The number of hydrazone groups is 1. The van der Waals surface area contributed by atoms with Gasteiger partial charge in [0.2, 0.25) is 0 Å². The second-order valence-corrected chi connectivity index (χ2v) is 5.32. The van der Waals surface area contributed by atoms with Crippen molar-refractivity contribution in [3.8, 4) is 0 Å². The maximum Gasteiger partial charge on any atom is 1.00 e. The summed E-state index contributed by atoms with van der Waals surface area (Å²) in [6.07, 6.45) is 0. The molecule has 0 saturated carbocycles. The standard InChI is InChI=1S/C9H13N2O2P.Na/c1-8(14(2,12)13)10-11-9-6-4-3-5-7-9;/h3-7,11H,1-2H3,(H,12,13);/q;+1/p-1/b10-8+;. The molecule has 0 heterocycles. The first-order valence-electron chi connectivity index (χ1n) is 4.14. The molecule has 6 heteroatoms. The summed E-state index contributed by atoms with van der Waals surface area (Å²) in [5.74, 6) is 0. The van der Waals surface area contributed by atoms with Crippen LogP contribution in [-0.4, -0.2) is 12.1 Å². The van der Waals surface area contributed by atoms with Crippen LogP contribution in [0.5, 0.6) is 0 Å². The molecular weight excluding hydrogens is 222 g/mol. The van der Waals surface area contributed by atoms with E-state index in [-0.39, 0.29) is 35.0 Å². The molecular formula is C9H12N2NaO2P. The van der Waals surface area contributed by atoms with Gasteiger partial charge in [0.05, 0.1) is 18.5 Å². The van der Waals surface area contributed by atoms with Crippen LogP contribution in [0.1, 0.15) is 6.92 Å². The van der Waals surface area contributed by atoms with Crippen molar-refractivity contribution in [2.45, 2.75) is 6.92 Å². The first kappa shape index (κ1) is 14.9. The minimum atomic E-state index is -3.46. The van der Waals surface area contributed by atoms with E-state index in [1.807, 2.05) is 30.3 Å². The summed E-state index contributed by atoms with van der Waals surface area (Å²) in [4.78, 5) is 11.0. The fraction of sp³-hybridized carbons (Fsp3) is 0.222. The van der Waals surface area contributed by atoms with Crippen molar-refractivity contribution in [1.82, 2.24) is 0 Å². The number of benzene rings is 1. The Bertz CT molecular complexity index is 375. The quantitative estimate of drug-likeness (QED) is 0.306. The van der Waals surface area contributed by atoms with Gasteiger partial charge in [-0.3, -0.25) is 5.43 Å². The van der Waals surface area contributed by atoms with Crippen LogP contribution < -0.4 is 39.9 Å². The Morgan fingerprint density at radius 3 is 2.40 bits per heavy atom. The number of nitrogens with zero attached hydrogens (tertiary/aromatic N) is 1. The minimum Gasteiger partial charge on any atom is -0.795 e. The summed E-state index contributed by atoms with van der Waals surface area (Å²) < 4.78 is 11.0. The van der Waals surface area contributed by atoms with Gasteiger partial charge in [-0.25, -0.2) is 0 Å². The Balaban J connectivity index is 0.00000196. The van der Waals surface area contributed by atoms with Crippen LogP contribution in [0.2, 0.25) is 0 Å². The van der Waals surface area contributed by atoms with Gasteiger partial charge in [-0.1, -0.05) is 18.2 Å². The molecule has 0 aliphatic heterocycles. The van der Waals surface area contributed by atoms with E-state index in [2.05, 4.69) is 10.5 Å². The van der Waals surface area contributed by atoms with Crippen molar-refractivity contribution in [1.29, 1.82) is 0 Å². The van der Waals surface area contributed by atoms with Crippen LogP contribution >= 0.6 is 7.37 Å². The fourth-order valence-corrected chi connectivity index (χ4v) is 0.981. The Labute approximate surface area is 112 Å². The molecule has 15 heavy (non-hydrogen) atoms. The van der Waals surface area contributed by atoms with Gasteiger partial charge >= 0.3 is 29.6 Å². The van der Waals surface area contributed by atoms with Crippen LogP contribution in [0.3, 0.4) is 0 Å². The van der Waals surface area contributed by atoms with E-state index in [9.17, 15) is 9.46 Å². The maximum atomic E-state index is 11.0. The van der Waals surface area contributed by atoms with E-state index in [4.69, 9.17) is 0 Å². The van der Waals surface area contributed by atoms with E-state index in [1.54, 1.807) is 0 Å². The first-order chi connectivity index (χ1) is 6.50. The molecule has 0 spiro atoms. The van der Waals surface area contributed by atoms with Gasteiger partial charge in [0.15, 0.2) is 0 Å². The normalized spacial score (nSPS) is 15.0. The Morgan fingerprint density at radius 2 is 1.93 bits per heavy atom. The summed E-state index contributed by atoms with van der Waals surface area (Å²) in [6.45, 7) is 2.61. The van der Waals surface area contributed by atoms with Crippen molar-refractivity contribution in [2.75, 3.05) is 12.1 Å². The molecule has 0 aliphatic carbocycles. The van der Waals surface area contributed by atoms with Gasteiger partial charge in [0.1, 0.15) is 0 Å². The topological polar surface area (TPSA) is 64.5 Å². The second-order valence-electron chi connectivity index (χ2n) is 2.98. The summed E-state index contributed by atoms with van der Waals surface area (Å²) in [7, 11) is -3.46. The molecule has 1 rings (SSSR count). The molecule has 0 saturated heterocycles. The third kappa shape index (κ3) is 5.50. The maximum absolute atomic E-state index is 11.0. The molecule has 0 aliphatic rings. The number of nitrogens with one attached hydrogen (secondary N) is 1. The second kappa shape index (κ2) is 6.46. The minimum absolute atomic E-state index is 0. The molecule has 1 unspecified atom stereocenters. The van der Waals surface area contributed by atoms with Crippen molar-refractivity contribution < 1.29 is 39.0 Å². The first-order valence-corrected chi connectivity index (χ1v) is 6.22. The van der Waals surface area contributed by atoms with E-state index in [0.717, 1.165) is 12.4 Å². The zero-order valence-electron chi connectivity index (χ0n) is 9.10. The van der Waals surface area contributed by atoms with Gasteiger partial charge < -0.3 is 9.46 Å². The number of hydrogen-bond donors (Lipinski definition) is 1. The predicted molar refractivity (Wildman–Crippen MR) is 56.7 cm³/mol. The van der Waals surface area contributed by atoms with Crippen molar-refractivity contribution >= 4 is 18.5 Å². The molecule has 0 bridgehead atoms. The molecule has 76 valence electrons. The van der Waals surface area contributed by atoms with E-state index >= 15 is 0 Å². The number of hydrogen-bond acceptors (Lipinski definition) is 4. The third-order valence-corrected chi connectivity index (χ3v) is 2.98. The van der Waals surface area contributed by atoms with E-state index in [0.29, 0.717) is 0 Å². The molecule has 1 aromatic carbocycles. The average molecular weight is 234 g/mol. The molecule has 0 aromatic heterocycles. The third-order valence-electron chi connectivity index (χ3n) is 1.71. The van der Waals surface area contributed by atoms with Gasteiger partial charge in [-0.05, 0) is 25.7 Å². The zero-order valence-corrected chi connectivity index (χ0v) is 12.0. The van der Waals surface area contributed by atoms with Crippen LogP contribution in [0.15, 0.2) is 35.4 Å². The van der Waals surface area contributed by atoms with Gasteiger partial charge in [-0.15, -0.1) is 0 Å². The SMILES string of the molecule is C/C(=N\Nc1ccccc1)P(C)(=O)[O-].[Na+]. The summed E-state index contributed by atoms with van der Waals surface area (Å²) in [5.41, 5.74) is 3.53. The number of para-hydroxylation sites is 1. The molecule has 0 radical (unpaired) electrons. The Morgan fingerprint density at radius 1 is 1.40 bits per heavy atom. The van der Waals surface area contributed by atoms with Gasteiger partial charge in [0.25, 0.3) is 0 Å². The zero-order chi connectivity index (χ0) is 10.6. The van der Waals surface area contributed by atoms with Crippen molar-refractivity contribution in [3.05, 3.63) is 30.3 Å². The fourth-order valence-electron chi connectivity index (χ4n) is 0.749. The molecule has 4 nitrogen and oxygen atoms in total. The monoisotopic (exact) mass is 234 g/mol. The van der Waals surface area contributed by atoms with E-state index < -0.39 is 7.37 Å². The Kier molecular flexibility index (Phi) is 6.41. The van der Waals surface area contributed by atoms with Crippen LogP contribution in [-0.2, 0) is 4.57 Å². The van der Waals surface area contributed by atoms with Crippen LogP contribution in [0, 0.1) is 0 Å². The molecule has 1 N–H and O–H groups in total. The molecule has 0 amide bonds. The van der Waals surface area contributed by atoms with Crippen LogP contribution in [0.25, 0.3) is 0 Å². The summed E-state index contributed by atoms with van der Waals surface area (Å²) in [6, 6.07) is 9.18. The van der Waals surface area contributed by atoms with Gasteiger partial charge in [-0.2, -0.15) is 5.10 Å². The summed E-state index contributed by atoms with van der Waals surface area (Å²) >= 11 is 0. The molecule has 1 aromatic rings. The van der Waals surface area contributed by atoms with Crippen molar-refractivity contribution in [3.63, 3.8) is 0 Å². The molecule has 0 fully saturated rings. The smallest absolute Gasteiger partial charge is 0.795 e. The number of anilines is 1.